The average Bonchev–Trinajstić information content (AvgIpc) is 3.23. The minimum Gasteiger partial charge on any atom is -0.429 e. The standard InChI is InChI=1S/C31H21F9O2/c1-15-7-17-3-4-18(10-19(17)8-15)20-9-16(2)28(24(33)11-20)21-12-25(34)29(26(35)13-21)30(36,37)41-22-5-6-27(23(32)14-22)42-31(38,39)40/h3-6,9-15H,7-8H2,1-2H3. The third-order valence-electron chi connectivity index (χ3n) is 6.96. The zero-order chi connectivity index (χ0) is 30.6. The molecule has 1 aliphatic carbocycles. The van der Waals surface area contributed by atoms with E-state index in [9.17, 15) is 35.1 Å². The second kappa shape index (κ2) is 10.6. The van der Waals surface area contributed by atoms with Gasteiger partial charge in [-0.1, -0.05) is 31.2 Å². The van der Waals surface area contributed by atoms with Crippen LogP contribution in [-0.4, -0.2) is 6.36 Å². The summed E-state index contributed by atoms with van der Waals surface area (Å²) in [6, 6.07) is 10.7. The van der Waals surface area contributed by atoms with E-state index in [0.717, 1.165) is 18.4 Å². The maximum atomic E-state index is 15.3. The summed E-state index contributed by atoms with van der Waals surface area (Å²) in [5, 5.41) is 0. The first-order valence-corrected chi connectivity index (χ1v) is 12.7. The summed E-state index contributed by atoms with van der Waals surface area (Å²) in [6.07, 6.45) is -8.12. The van der Waals surface area contributed by atoms with Crippen molar-refractivity contribution in [3.05, 3.63) is 106 Å². The van der Waals surface area contributed by atoms with Crippen LogP contribution in [-0.2, 0) is 19.0 Å². The lowest BCUT2D eigenvalue weighted by molar-refractivity contribution is -0.275. The van der Waals surface area contributed by atoms with Gasteiger partial charge in [-0.15, -0.1) is 13.2 Å². The molecule has 0 N–H and O–H groups in total. The predicted molar refractivity (Wildman–Crippen MR) is 136 cm³/mol. The minimum absolute atomic E-state index is 0.140. The van der Waals surface area contributed by atoms with Crippen LogP contribution in [0.3, 0.4) is 0 Å². The van der Waals surface area contributed by atoms with Gasteiger partial charge in [0.2, 0.25) is 0 Å². The zero-order valence-electron chi connectivity index (χ0n) is 22.0. The lowest BCUT2D eigenvalue weighted by Gasteiger charge is -2.21. The molecule has 0 aliphatic heterocycles. The van der Waals surface area contributed by atoms with Crippen molar-refractivity contribution in [2.75, 3.05) is 0 Å². The van der Waals surface area contributed by atoms with Crippen molar-refractivity contribution in [3.63, 3.8) is 0 Å². The molecule has 0 radical (unpaired) electrons. The Bertz CT molecular complexity index is 1630. The maximum Gasteiger partial charge on any atom is 0.573 e. The van der Waals surface area contributed by atoms with Gasteiger partial charge in [0.15, 0.2) is 11.6 Å². The van der Waals surface area contributed by atoms with Crippen molar-refractivity contribution >= 4 is 0 Å². The molecule has 1 aliphatic rings. The first kappa shape index (κ1) is 29.3. The highest BCUT2D eigenvalue weighted by Gasteiger charge is 2.42. The molecule has 0 amide bonds. The molecule has 42 heavy (non-hydrogen) atoms. The third kappa shape index (κ3) is 5.91. The number of hydrogen-bond donors (Lipinski definition) is 0. The van der Waals surface area contributed by atoms with Gasteiger partial charge in [0.25, 0.3) is 0 Å². The smallest absolute Gasteiger partial charge is 0.429 e. The number of hydrogen-bond acceptors (Lipinski definition) is 2. The van der Waals surface area contributed by atoms with Crippen LogP contribution in [0, 0.1) is 36.1 Å². The SMILES string of the molecule is Cc1cc(-c2ccc3c(c2)CC(C)C3)cc(F)c1-c1cc(F)c(C(F)(F)Oc2ccc(OC(F)(F)F)c(F)c2)c(F)c1. The molecular weight excluding hydrogens is 575 g/mol. The quantitative estimate of drug-likeness (QED) is 0.207. The van der Waals surface area contributed by atoms with Crippen molar-refractivity contribution in [2.45, 2.75) is 39.2 Å². The number of fused-ring (bicyclic) bond motifs is 1. The number of benzene rings is 4. The fraction of sp³-hybridized carbons (Fsp3) is 0.226. The van der Waals surface area contributed by atoms with Gasteiger partial charge in [0.1, 0.15) is 28.8 Å². The van der Waals surface area contributed by atoms with Crippen LogP contribution in [0.5, 0.6) is 11.5 Å². The molecule has 0 heterocycles. The molecule has 220 valence electrons. The van der Waals surface area contributed by atoms with Crippen molar-refractivity contribution < 1.29 is 49.0 Å². The highest BCUT2D eigenvalue weighted by Crippen LogP contribution is 2.40. The Labute approximate surface area is 234 Å². The first-order valence-electron chi connectivity index (χ1n) is 12.7. The predicted octanol–water partition coefficient (Wildman–Crippen LogP) is 9.65. The first-order chi connectivity index (χ1) is 19.6. The summed E-state index contributed by atoms with van der Waals surface area (Å²) in [4.78, 5) is 0. The van der Waals surface area contributed by atoms with Gasteiger partial charge in [0, 0.05) is 11.6 Å². The molecule has 0 saturated heterocycles. The molecule has 4 aromatic rings. The summed E-state index contributed by atoms with van der Waals surface area (Å²) >= 11 is 0. The molecule has 0 spiro atoms. The lowest BCUT2D eigenvalue weighted by Crippen LogP contribution is -2.25. The van der Waals surface area contributed by atoms with Crippen LogP contribution in [0.15, 0.2) is 60.7 Å². The van der Waals surface area contributed by atoms with E-state index < -0.39 is 52.8 Å². The maximum absolute atomic E-state index is 15.3. The van der Waals surface area contributed by atoms with Crippen LogP contribution in [0.1, 0.15) is 29.2 Å². The number of aryl methyl sites for hydroxylation is 1. The van der Waals surface area contributed by atoms with Crippen LogP contribution in [0.2, 0.25) is 0 Å². The van der Waals surface area contributed by atoms with E-state index in [1.807, 2.05) is 18.2 Å². The molecule has 4 aromatic carbocycles. The molecule has 0 bridgehead atoms. The van der Waals surface area contributed by atoms with E-state index in [-0.39, 0.29) is 17.2 Å². The molecule has 0 aromatic heterocycles. The molecule has 11 heteroatoms. The van der Waals surface area contributed by atoms with Gasteiger partial charge < -0.3 is 9.47 Å². The number of ether oxygens (including phenoxy) is 2. The topological polar surface area (TPSA) is 18.5 Å². The lowest BCUT2D eigenvalue weighted by atomic mass is 9.93. The van der Waals surface area contributed by atoms with E-state index in [0.29, 0.717) is 41.3 Å². The van der Waals surface area contributed by atoms with Crippen molar-refractivity contribution in [2.24, 2.45) is 5.92 Å². The van der Waals surface area contributed by atoms with Gasteiger partial charge in [0.05, 0.1) is 0 Å². The summed E-state index contributed by atoms with van der Waals surface area (Å²) < 4.78 is 133. The van der Waals surface area contributed by atoms with Crippen LogP contribution < -0.4 is 9.47 Å². The molecule has 1 atom stereocenters. The summed E-state index contributed by atoms with van der Waals surface area (Å²) in [5.74, 6) is -7.97. The van der Waals surface area contributed by atoms with E-state index in [1.165, 1.54) is 24.1 Å². The van der Waals surface area contributed by atoms with Gasteiger partial charge in [-0.3, -0.25) is 0 Å². The fourth-order valence-corrected chi connectivity index (χ4v) is 5.24. The van der Waals surface area contributed by atoms with Crippen molar-refractivity contribution in [1.29, 1.82) is 0 Å². The molecule has 1 unspecified atom stereocenters. The third-order valence-corrected chi connectivity index (χ3v) is 6.96. The largest absolute Gasteiger partial charge is 0.573 e. The number of alkyl halides is 5. The van der Waals surface area contributed by atoms with Gasteiger partial charge in [-0.05, 0) is 89.4 Å². The number of halogens is 9. The van der Waals surface area contributed by atoms with Gasteiger partial charge in [-0.2, -0.15) is 8.78 Å². The Morgan fingerprint density at radius 3 is 1.90 bits per heavy atom. The average molecular weight is 596 g/mol. The monoisotopic (exact) mass is 596 g/mol. The van der Waals surface area contributed by atoms with Crippen molar-refractivity contribution in [3.8, 4) is 33.8 Å². The molecule has 0 fully saturated rings. The zero-order valence-corrected chi connectivity index (χ0v) is 22.0. The van der Waals surface area contributed by atoms with E-state index in [1.54, 1.807) is 6.07 Å². The van der Waals surface area contributed by atoms with Gasteiger partial charge >= 0.3 is 12.5 Å². The molecular formula is C31H21F9O2. The Morgan fingerprint density at radius 2 is 1.29 bits per heavy atom. The van der Waals surface area contributed by atoms with E-state index >= 15 is 4.39 Å². The second-order valence-corrected chi connectivity index (χ2v) is 10.2. The highest BCUT2D eigenvalue weighted by molar-refractivity contribution is 5.75. The molecule has 2 nitrogen and oxygen atoms in total. The molecule has 5 rings (SSSR count). The summed E-state index contributed by atoms with van der Waals surface area (Å²) in [7, 11) is 0. The normalized spacial score (nSPS) is 15.1. The summed E-state index contributed by atoms with van der Waals surface area (Å²) in [5.41, 5.74) is 1.57. The fourth-order valence-electron chi connectivity index (χ4n) is 5.24. The Hall–Kier alpha value is -4.15. The summed E-state index contributed by atoms with van der Waals surface area (Å²) in [6.45, 7) is 3.65. The van der Waals surface area contributed by atoms with Gasteiger partial charge in [-0.25, -0.2) is 17.6 Å². The van der Waals surface area contributed by atoms with E-state index in [2.05, 4.69) is 16.4 Å². The van der Waals surface area contributed by atoms with Crippen LogP contribution in [0.4, 0.5) is 39.5 Å². The Balaban J connectivity index is 1.43. The Morgan fingerprint density at radius 1 is 0.643 bits per heavy atom. The highest BCUT2D eigenvalue weighted by atomic mass is 19.4. The molecule has 0 saturated carbocycles. The van der Waals surface area contributed by atoms with Crippen molar-refractivity contribution in [1.82, 2.24) is 0 Å². The number of rotatable bonds is 6. The second-order valence-electron chi connectivity index (χ2n) is 10.2. The Kier molecular flexibility index (Phi) is 7.40. The van der Waals surface area contributed by atoms with Crippen LogP contribution >= 0.6 is 0 Å². The minimum atomic E-state index is -5.25. The van der Waals surface area contributed by atoms with E-state index in [4.69, 9.17) is 0 Å². The van der Waals surface area contributed by atoms with Crippen LogP contribution in [0.25, 0.3) is 22.3 Å².